The normalized spacial score (nSPS) is 13.5. The van der Waals surface area contributed by atoms with Crippen LogP contribution in [0.5, 0.6) is 11.5 Å². The van der Waals surface area contributed by atoms with Crippen LogP contribution in [0, 0.1) is 0 Å². The summed E-state index contributed by atoms with van der Waals surface area (Å²) in [6.45, 7) is 6.86. The van der Waals surface area contributed by atoms with Crippen molar-refractivity contribution in [3.8, 4) is 11.5 Å². The first-order valence-corrected chi connectivity index (χ1v) is 9.54. The molecule has 8 heteroatoms. The molecule has 0 aliphatic carbocycles. The zero-order valence-corrected chi connectivity index (χ0v) is 18.2. The van der Waals surface area contributed by atoms with E-state index in [1.54, 1.807) is 11.3 Å². The molecule has 0 radical (unpaired) electrons. The first-order valence-electron chi connectivity index (χ1n) is 8.66. The largest absolute Gasteiger partial charge is 0.490 e. The lowest BCUT2D eigenvalue weighted by atomic mass is 10.3. The second kappa shape index (κ2) is 10.6. The predicted octanol–water partition coefficient (Wildman–Crippen LogP) is 4.06. The third kappa shape index (κ3) is 5.73. The van der Waals surface area contributed by atoms with Crippen LogP contribution in [-0.2, 0) is 13.0 Å². The number of aromatic nitrogens is 1. The lowest BCUT2D eigenvalue weighted by molar-refractivity contribution is 0.297. The minimum atomic E-state index is 0. The molecule has 2 N–H and O–H groups in total. The topological polar surface area (TPSA) is 67.8 Å². The number of anilines is 1. The van der Waals surface area contributed by atoms with Crippen molar-refractivity contribution in [2.45, 2.75) is 33.2 Å². The number of ether oxygens (including phenoxy) is 2. The van der Waals surface area contributed by atoms with Crippen LogP contribution in [0.4, 0.5) is 5.69 Å². The van der Waals surface area contributed by atoms with Gasteiger partial charge in [-0.2, -0.15) is 0 Å². The maximum atomic E-state index is 5.74. The third-order valence-corrected chi connectivity index (χ3v) is 4.70. The Morgan fingerprint density at radius 2 is 2.04 bits per heavy atom. The van der Waals surface area contributed by atoms with Crippen molar-refractivity contribution in [3.05, 3.63) is 34.3 Å². The molecule has 0 unspecified atom stereocenters. The number of benzene rings is 1. The Morgan fingerprint density at radius 1 is 1.23 bits per heavy atom. The number of aliphatic imine (C=N–C) groups is 1. The second-order valence-electron chi connectivity index (χ2n) is 5.62. The van der Waals surface area contributed by atoms with Crippen LogP contribution in [0.3, 0.4) is 0 Å². The number of hydrogen-bond donors (Lipinski definition) is 2. The molecule has 1 aliphatic heterocycles. The van der Waals surface area contributed by atoms with E-state index in [1.807, 2.05) is 25.1 Å². The summed E-state index contributed by atoms with van der Waals surface area (Å²) in [5.41, 5.74) is 1.91. The van der Waals surface area contributed by atoms with Crippen LogP contribution in [-0.4, -0.2) is 30.7 Å². The Morgan fingerprint density at radius 3 is 2.77 bits per heavy atom. The van der Waals surface area contributed by atoms with Crippen molar-refractivity contribution < 1.29 is 9.47 Å². The zero-order valence-electron chi connectivity index (χ0n) is 15.1. The highest BCUT2D eigenvalue weighted by Crippen LogP contribution is 2.32. The van der Waals surface area contributed by atoms with Gasteiger partial charge in [-0.1, -0.05) is 6.92 Å². The fraction of sp³-hybridized carbons (Fsp3) is 0.444. The molecule has 0 amide bonds. The number of halogens is 1. The number of nitrogens with zero attached hydrogens (tertiary/aromatic N) is 2. The number of aryl methyl sites for hydroxylation is 1. The number of guanidine groups is 1. The Kier molecular flexibility index (Phi) is 8.43. The van der Waals surface area contributed by atoms with Crippen molar-refractivity contribution >= 4 is 47.0 Å². The van der Waals surface area contributed by atoms with Gasteiger partial charge in [0.05, 0.1) is 30.5 Å². The molecule has 0 atom stereocenters. The minimum absolute atomic E-state index is 0. The molecule has 0 fully saturated rings. The third-order valence-electron chi connectivity index (χ3n) is 3.66. The molecular formula is C18H25IN4O2S. The highest BCUT2D eigenvalue weighted by molar-refractivity contribution is 14.0. The fourth-order valence-corrected chi connectivity index (χ4v) is 3.16. The predicted molar refractivity (Wildman–Crippen MR) is 117 cm³/mol. The lowest BCUT2D eigenvalue weighted by Crippen LogP contribution is -2.30. The van der Waals surface area contributed by atoms with Gasteiger partial charge in [-0.15, -0.1) is 35.3 Å². The van der Waals surface area contributed by atoms with Crippen molar-refractivity contribution in [2.24, 2.45) is 4.99 Å². The van der Waals surface area contributed by atoms with Crippen LogP contribution < -0.4 is 20.1 Å². The van der Waals surface area contributed by atoms with E-state index in [0.29, 0.717) is 19.8 Å². The molecule has 1 aliphatic rings. The number of rotatable bonds is 5. The molecular weight excluding hydrogens is 463 g/mol. The van der Waals surface area contributed by atoms with Crippen LogP contribution in [0.2, 0.25) is 0 Å². The van der Waals surface area contributed by atoms with Crippen molar-refractivity contribution in [2.75, 3.05) is 25.1 Å². The van der Waals surface area contributed by atoms with E-state index in [-0.39, 0.29) is 24.0 Å². The van der Waals surface area contributed by atoms with Crippen LogP contribution in [0.1, 0.15) is 31.0 Å². The van der Waals surface area contributed by atoms with Crippen molar-refractivity contribution in [1.29, 1.82) is 0 Å². The average Bonchev–Trinajstić information content (AvgIpc) is 2.96. The Bertz CT molecular complexity index is 736. The van der Waals surface area contributed by atoms with E-state index in [9.17, 15) is 0 Å². The van der Waals surface area contributed by atoms with E-state index >= 15 is 0 Å². The van der Waals surface area contributed by atoms with Gasteiger partial charge in [0.1, 0.15) is 0 Å². The molecule has 3 rings (SSSR count). The summed E-state index contributed by atoms with van der Waals surface area (Å²) in [6, 6.07) is 5.85. The summed E-state index contributed by atoms with van der Waals surface area (Å²) in [4.78, 5) is 9.18. The maximum Gasteiger partial charge on any atom is 0.196 e. The van der Waals surface area contributed by atoms with E-state index < -0.39 is 0 Å². The fourth-order valence-electron chi connectivity index (χ4n) is 2.43. The van der Waals surface area contributed by atoms with E-state index in [2.05, 4.69) is 32.9 Å². The monoisotopic (exact) mass is 488 g/mol. The summed E-state index contributed by atoms with van der Waals surface area (Å²) in [7, 11) is 0. The highest BCUT2D eigenvalue weighted by atomic mass is 127. The number of hydrogen-bond acceptors (Lipinski definition) is 5. The van der Waals surface area contributed by atoms with Gasteiger partial charge in [-0.25, -0.2) is 9.98 Å². The molecule has 0 spiro atoms. The Hall–Kier alpha value is -1.55. The van der Waals surface area contributed by atoms with Crippen LogP contribution >= 0.6 is 35.3 Å². The number of fused-ring (bicyclic) bond motifs is 1. The van der Waals surface area contributed by atoms with Crippen LogP contribution in [0.25, 0.3) is 0 Å². The first-order chi connectivity index (χ1) is 12.3. The molecule has 1 aromatic heterocycles. The number of thiazole rings is 1. The summed E-state index contributed by atoms with van der Waals surface area (Å²) < 4.78 is 11.4. The standard InChI is InChI=1S/C18H24N4O2S.HI/c1-3-17-21-14(12-25-17)11-20-18(19-4-2)22-13-6-7-15-16(10-13)24-9-5-8-23-15;/h6-7,10,12H,3-5,8-9,11H2,1-2H3,(H2,19,20,22);1H. The lowest BCUT2D eigenvalue weighted by Gasteiger charge is -2.13. The molecule has 0 bridgehead atoms. The highest BCUT2D eigenvalue weighted by Gasteiger charge is 2.11. The summed E-state index contributed by atoms with van der Waals surface area (Å²) >= 11 is 1.68. The Labute approximate surface area is 175 Å². The quantitative estimate of drug-likeness (QED) is 0.378. The van der Waals surface area contributed by atoms with Crippen LogP contribution in [0.15, 0.2) is 28.6 Å². The van der Waals surface area contributed by atoms with E-state index in [0.717, 1.165) is 53.2 Å². The maximum absolute atomic E-state index is 5.74. The van der Waals surface area contributed by atoms with Gasteiger partial charge in [-0.3, -0.25) is 0 Å². The second-order valence-corrected chi connectivity index (χ2v) is 6.56. The van der Waals surface area contributed by atoms with Crippen molar-refractivity contribution in [1.82, 2.24) is 10.3 Å². The summed E-state index contributed by atoms with van der Waals surface area (Å²) in [5, 5.41) is 9.79. The molecule has 142 valence electrons. The van der Waals surface area contributed by atoms with E-state index in [4.69, 9.17) is 9.47 Å². The molecule has 6 nitrogen and oxygen atoms in total. The summed E-state index contributed by atoms with van der Waals surface area (Å²) in [6.07, 6.45) is 1.86. The minimum Gasteiger partial charge on any atom is -0.490 e. The zero-order chi connectivity index (χ0) is 17.5. The molecule has 26 heavy (non-hydrogen) atoms. The molecule has 2 heterocycles. The SMILES string of the molecule is CCNC(=NCc1csc(CC)n1)Nc1ccc2c(c1)OCCCO2.I. The van der Waals surface area contributed by atoms with Crippen molar-refractivity contribution in [3.63, 3.8) is 0 Å². The molecule has 0 saturated carbocycles. The smallest absolute Gasteiger partial charge is 0.196 e. The van der Waals surface area contributed by atoms with Gasteiger partial charge < -0.3 is 20.1 Å². The number of nitrogens with one attached hydrogen (secondary N) is 2. The average molecular weight is 488 g/mol. The first kappa shape index (κ1) is 20.8. The van der Waals surface area contributed by atoms with Gasteiger partial charge in [0.15, 0.2) is 17.5 Å². The Balaban J connectivity index is 0.00000243. The van der Waals surface area contributed by atoms with Gasteiger partial charge in [-0.05, 0) is 25.5 Å². The van der Waals surface area contributed by atoms with Gasteiger partial charge in [0.25, 0.3) is 0 Å². The molecule has 2 aromatic rings. The van der Waals surface area contributed by atoms with Gasteiger partial charge >= 0.3 is 0 Å². The molecule has 0 saturated heterocycles. The van der Waals surface area contributed by atoms with E-state index in [1.165, 1.54) is 0 Å². The summed E-state index contributed by atoms with van der Waals surface area (Å²) in [5.74, 6) is 2.29. The molecule has 1 aromatic carbocycles. The van der Waals surface area contributed by atoms with Gasteiger partial charge in [0, 0.05) is 30.1 Å². The van der Waals surface area contributed by atoms with Gasteiger partial charge in [0.2, 0.25) is 0 Å².